The number of nitro benzene ring substituents is 1. The molecule has 10 nitrogen and oxygen atoms in total. The maximum Gasteiger partial charge on any atom is 0.359 e. The topological polar surface area (TPSA) is 125 Å². The highest BCUT2D eigenvalue weighted by atomic mass is 32.2. The van der Waals surface area contributed by atoms with Gasteiger partial charge in [0.1, 0.15) is 0 Å². The number of nitrogens with zero attached hydrogens (tertiary/aromatic N) is 4. The summed E-state index contributed by atoms with van der Waals surface area (Å²) in [4.78, 5) is 22.9. The van der Waals surface area contributed by atoms with Gasteiger partial charge in [0.05, 0.1) is 27.8 Å². The first-order chi connectivity index (χ1) is 15.7. The second-order valence-electron chi connectivity index (χ2n) is 7.58. The zero-order chi connectivity index (χ0) is 23.8. The van der Waals surface area contributed by atoms with Gasteiger partial charge in [0.15, 0.2) is 5.69 Å². The molecule has 1 aliphatic rings. The van der Waals surface area contributed by atoms with Crippen molar-refractivity contribution < 1.29 is 22.9 Å². The number of ether oxygens (including phenoxy) is 1. The summed E-state index contributed by atoms with van der Waals surface area (Å²) in [5.74, 6) is -0.616. The standard InChI is InChI=1S/C22H22N4O6S/c1-3-32-22(27)21-19-14-24(33(30,31)18-10-8-17(9-11-18)26(28)29)13-12-20(19)25(23-21)16-6-4-15(2)5-7-16/h4-11H,3,12-14H2,1-2H3. The van der Waals surface area contributed by atoms with Crippen molar-refractivity contribution in [2.45, 2.75) is 31.7 Å². The Morgan fingerprint density at radius 2 is 1.82 bits per heavy atom. The molecule has 0 N–H and O–H groups in total. The predicted molar refractivity (Wildman–Crippen MR) is 119 cm³/mol. The highest BCUT2D eigenvalue weighted by Crippen LogP contribution is 2.30. The minimum absolute atomic E-state index is 0.0554. The monoisotopic (exact) mass is 470 g/mol. The van der Waals surface area contributed by atoms with Gasteiger partial charge in [-0.3, -0.25) is 10.1 Å². The van der Waals surface area contributed by atoms with Crippen LogP contribution in [0.4, 0.5) is 5.69 Å². The van der Waals surface area contributed by atoms with E-state index in [1.54, 1.807) is 11.6 Å². The van der Waals surface area contributed by atoms with Crippen molar-refractivity contribution in [2.24, 2.45) is 0 Å². The van der Waals surface area contributed by atoms with E-state index in [1.807, 2.05) is 31.2 Å². The van der Waals surface area contributed by atoms with Gasteiger partial charge in [-0.25, -0.2) is 17.9 Å². The van der Waals surface area contributed by atoms with E-state index >= 15 is 0 Å². The second-order valence-corrected chi connectivity index (χ2v) is 9.52. The van der Waals surface area contributed by atoms with Crippen molar-refractivity contribution in [1.29, 1.82) is 0 Å². The summed E-state index contributed by atoms with van der Waals surface area (Å²) in [7, 11) is -3.94. The first kappa shape index (κ1) is 22.6. The van der Waals surface area contributed by atoms with Gasteiger partial charge >= 0.3 is 5.97 Å². The average molecular weight is 471 g/mol. The number of esters is 1. The van der Waals surface area contributed by atoms with Crippen molar-refractivity contribution in [1.82, 2.24) is 14.1 Å². The molecule has 33 heavy (non-hydrogen) atoms. The SMILES string of the molecule is CCOC(=O)c1nn(-c2ccc(C)cc2)c2c1CN(S(=O)(=O)c1ccc([N+](=O)[O-])cc1)CC2. The summed E-state index contributed by atoms with van der Waals surface area (Å²) in [6.45, 7) is 3.93. The molecule has 0 aliphatic carbocycles. The van der Waals surface area contributed by atoms with Gasteiger partial charge < -0.3 is 4.74 Å². The van der Waals surface area contributed by atoms with E-state index in [9.17, 15) is 23.3 Å². The molecule has 1 aromatic heterocycles. The van der Waals surface area contributed by atoms with Gasteiger partial charge in [0.25, 0.3) is 5.69 Å². The number of non-ortho nitro benzene ring substituents is 1. The Kier molecular flexibility index (Phi) is 6.00. The fraction of sp³-hybridized carbons (Fsp3) is 0.273. The predicted octanol–water partition coefficient (Wildman–Crippen LogP) is 3.01. The molecule has 11 heteroatoms. The molecular formula is C22H22N4O6S. The number of aromatic nitrogens is 2. The molecular weight excluding hydrogens is 448 g/mol. The highest BCUT2D eigenvalue weighted by Gasteiger charge is 2.35. The van der Waals surface area contributed by atoms with E-state index in [4.69, 9.17) is 4.74 Å². The summed E-state index contributed by atoms with van der Waals surface area (Å²) in [5.41, 5.74) is 2.96. The molecule has 0 radical (unpaired) electrons. The zero-order valence-electron chi connectivity index (χ0n) is 18.1. The van der Waals surface area contributed by atoms with Crippen molar-refractivity contribution in [3.05, 3.63) is 81.2 Å². The maximum absolute atomic E-state index is 13.2. The Labute approximate surface area is 190 Å². The van der Waals surface area contributed by atoms with E-state index < -0.39 is 20.9 Å². The molecule has 0 saturated heterocycles. The number of sulfonamides is 1. The number of fused-ring (bicyclic) bond motifs is 1. The lowest BCUT2D eigenvalue weighted by Gasteiger charge is -2.27. The van der Waals surface area contributed by atoms with Crippen LogP contribution in [0.5, 0.6) is 0 Å². The normalized spacial score (nSPS) is 14.0. The minimum atomic E-state index is -3.94. The van der Waals surface area contributed by atoms with Gasteiger partial charge in [-0.2, -0.15) is 9.40 Å². The van der Waals surface area contributed by atoms with E-state index in [2.05, 4.69) is 5.10 Å². The number of aryl methyl sites for hydroxylation is 1. The number of hydrogen-bond donors (Lipinski definition) is 0. The number of hydrogen-bond acceptors (Lipinski definition) is 7. The maximum atomic E-state index is 13.2. The molecule has 0 saturated carbocycles. The fourth-order valence-electron chi connectivity index (χ4n) is 3.75. The molecule has 2 heterocycles. The molecule has 172 valence electrons. The third-order valence-electron chi connectivity index (χ3n) is 5.45. The molecule has 0 spiro atoms. The Balaban J connectivity index is 1.73. The second kappa shape index (κ2) is 8.75. The molecule has 0 amide bonds. The van der Waals surface area contributed by atoms with Crippen LogP contribution in [0.1, 0.15) is 34.2 Å². The van der Waals surface area contributed by atoms with Crippen LogP contribution in [0.2, 0.25) is 0 Å². The molecule has 0 fully saturated rings. The van der Waals surface area contributed by atoms with E-state index in [-0.39, 0.29) is 36.0 Å². The smallest absolute Gasteiger partial charge is 0.359 e. The molecule has 3 aromatic rings. The molecule has 0 atom stereocenters. The Hall–Kier alpha value is -3.57. The van der Waals surface area contributed by atoms with E-state index in [0.717, 1.165) is 29.1 Å². The van der Waals surface area contributed by atoms with Crippen molar-refractivity contribution in [2.75, 3.05) is 13.2 Å². The Morgan fingerprint density at radius 1 is 1.15 bits per heavy atom. The number of carbonyl (C=O) groups is 1. The molecule has 0 unspecified atom stereocenters. The van der Waals surface area contributed by atoms with Crippen LogP contribution in [0.3, 0.4) is 0 Å². The lowest BCUT2D eigenvalue weighted by atomic mass is 10.1. The summed E-state index contributed by atoms with van der Waals surface area (Å²) in [5, 5.41) is 15.4. The van der Waals surface area contributed by atoms with Gasteiger partial charge in [0, 0.05) is 37.2 Å². The van der Waals surface area contributed by atoms with E-state index in [1.165, 1.54) is 16.4 Å². The summed E-state index contributed by atoms with van der Waals surface area (Å²) in [6, 6.07) is 12.4. The molecule has 0 bridgehead atoms. The molecule has 1 aliphatic heterocycles. The van der Waals surface area contributed by atoms with Crippen LogP contribution in [0.15, 0.2) is 53.4 Å². The number of rotatable bonds is 6. The first-order valence-corrected chi connectivity index (χ1v) is 11.8. The van der Waals surface area contributed by atoms with Gasteiger partial charge in [-0.1, -0.05) is 17.7 Å². The van der Waals surface area contributed by atoms with Gasteiger partial charge in [-0.15, -0.1) is 0 Å². The van der Waals surface area contributed by atoms with Gasteiger partial charge in [-0.05, 0) is 38.1 Å². The highest BCUT2D eigenvalue weighted by molar-refractivity contribution is 7.89. The van der Waals surface area contributed by atoms with Crippen molar-refractivity contribution >= 4 is 21.7 Å². The van der Waals surface area contributed by atoms with Crippen molar-refractivity contribution in [3.63, 3.8) is 0 Å². The Bertz CT molecular complexity index is 1310. The number of benzene rings is 2. The van der Waals surface area contributed by atoms with Gasteiger partial charge in [0.2, 0.25) is 10.0 Å². The first-order valence-electron chi connectivity index (χ1n) is 10.3. The summed E-state index contributed by atoms with van der Waals surface area (Å²) >= 11 is 0. The van der Waals surface area contributed by atoms with E-state index in [0.29, 0.717) is 12.0 Å². The van der Waals surface area contributed by atoms with Crippen LogP contribution in [0.25, 0.3) is 5.69 Å². The van der Waals surface area contributed by atoms with Crippen LogP contribution in [-0.4, -0.2) is 46.5 Å². The largest absolute Gasteiger partial charge is 0.461 e. The zero-order valence-corrected chi connectivity index (χ0v) is 18.9. The Morgan fingerprint density at radius 3 is 2.42 bits per heavy atom. The summed E-state index contributed by atoms with van der Waals surface area (Å²) < 4.78 is 34.5. The fourth-order valence-corrected chi connectivity index (χ4v) is 5.16. The van der Waals surface area contributed by atoms with Crippen LogP contribution < -0.4 is 0 Å². The minimum Gasteiger partial charge on any atom is -0.461 e. The van der Waals surface area contributed by atoms with Crippen molar-refractivity contribution in [3.8, 4) is 5.69 Å². The number of carbonyl (C=O) groups excluding carboxylic acids is 1. The molecule has 2 aromatic carbocycles. The van der Waals surface area contributed by atoms with Crippen LogP contribution in [-0.2, 0) is 27.7 Å². The van der Waals surface area contributed by atoms with Crippen LogP contribution in [0, 0.1) is 17.0 Å². The third kappa shape index (κ3) is 4.24. The number of nitro groups is 1. The molecule has 4 rings (SSSR count). The summed E-state index contributed by atoms with van der Waals surface area (Å²) in [6.07, 6.45) is 0.335. The lowest BCUT2D eigenvalue weighted by Crippen LogP contribution is -2.36. The van der Waals surface area contributed by atoms with Crippen LogP contribution >= 0.6 is 0 Å². The average Bonchev–Trinajstić information content (AvgIpc) is 3.19. The quantitative estimate of drug-likeness (QED) is 0.308. The third-order valence-corrected chi connectivity index (χ3v) is 7.31. The lowest BCUT2D eigenvalue weighted by molar-refractivity contribution is -0.384.